The Hall–Kier alpha value is -2.62. The van der Waals surface area contributed by atoms with E-state index in [0.29, 0.717) is 11.1 Å². The lowest BCUT2D eigenvalue weighted by Gasteiger charge is -2.19. The van der Waals surface area contributed by atoms with Crippen LogP contribution in [0.2, 0.25) is 0 Å². The Bertz CT molecular complexity index is 914. The number of carbonyl (C=O) groups excluding carboxylic acids is 1. The van der Waals surface area contributed by atoms with Gasteiger partial charge in [0, 0.05) is 31.0 Å². The predicted octanol–water partition coefficient (Wildman–Crippen LogP) is 4.29. The van der Waals surface area contributed by atoms with Crippen LogP contribution >= 0.6 is 0 Å². The van der Waals surface area contributed by atoms with Gasteiger partial charge in [0.1, 0.15) is 5.82 Å². The zero-order valence-electron chi connectivity index (χ0n) is 14.8. The van der Waals surface area contributed by atoms with Crippen molar-refractivity contribution < 1.29 is 9.18 Å². The van der Waals surface area contributed by atoms with Crippen LogP contribution in [0.4, 0.5) is 15.8 Å². The number of rotatable bonds is 2. The number of carbonyl (C=O) groups is 1. The summed E-state index contributed by atoms with van der Waals surface area (Å²) in [4.78, 5) is 16.9. The topological polar surface area (TPSA) is 23.6 Å². The van der Waals surface area contributed by atoms with Crippen molar-refractivity contribution in [1.29, 1.82) is 0 Å². The molecule has 0 unspecified atom stereocenters. The van der Waals surface area contributed by atoms with Gasteiger partial charge in [0.15, 0.2) is 0 Å². The monoisotopic (exact) mass is 336 g/mol. The molecule has 25 heavy (non-hydrogen) atoms. The van der Waals surface area contributed by atoms with Gasteiger partial charge in [-0.2, -0.15) is 0 Å². The highest BCUT2D eigenvalue weighted by atomic mass is 19.1. The molecule has 0 saturated carbocycles. The highest BCUT2D eigenvalue weighted by molar-refractivity contribution is 6.35. The van der Waals surface area contributed by atoms with Crippen LogP contribution in [-0.2, 0) is 17.6 Å². The number of nitrogens with zero attached hydrogens (tertiary/aromatic N) is 2. The molecule has 1 aliphatic carbocycles. The molecule has 4 heteroatoms. The molecule has 0 radical (unpaired) electrons. The lowest BCUT2D eigenvalue weighted by atomic mass is 10.1. The molecule has 0 bridgehead atoms. The summed E-state index contributed by atoms with van der Waals surface area (Å²) >= 11 is 0. The fraction of sp³-hybridized carbons (Fsp3) is 0.286. The summed E-state index contributed by atoms with van der Waals surface area (Å²) < 4.78 is 13.9. The Kier molecular flexibility index (Phi) is 3.64. The van der Waals surface area contributed by atoms with Crippen molar-refractivity contribution in [2.24, 2.45) is 0 Å². The summed E-state index contributed by atoms with van der Waals surface area (Å²) in [7, 11) is 3.79. The van der Waals surface area contributed by atoms with Gasteiger partial charge < -0.3 is 4.90 Å². The maximum atomic E-state index is 13.9. The van der Waals surface area contributed by atoms with Gasteiger partial charge in [-0.1, -0.05) is 6.07 Å². The van der Waals surface area contributed by atoms with Gasteiger partial charge in [-0.05, 0) is 67.6 Å². The molecule has 2 aromatic carbocycles. The van der Waals surface area contributed by atoms with E-state index in [1.165, 1.54) is 29.7 Å². The highest BCUT2D eigenvalue weighted by Crippen LogP contribution is 2.44. The van der Waals surface area contributed by atoms with Crippen LogP contribution in [0.1, 0.15) is 30.0 Å². The average molecular weight is 336 g/mol. The number of amides is 1. The standard InChI is InChI=1S/C21H21FN2O/c1-13(23(2)3)20-18-12-16(22)8-10-19(18)24(21(20)25)17-9-7-14-5-4-6-15(14)11-17/h7-12H,4-6H2,1-3H3/b20-13-. The molecule has 4 rings (SSSR count). The van der Waals surface area contributed by atoms with Crippen LogP contribution in [0.5, 0.6) is 0 Å². The largest absolute Gasteiger partial charge is 0.381 e. The molecular weight excluding hydrogens is 315 g/mol. The number of halogens is 1. The second kappa shape index (κ2) is 5.73. The maximum absolute atomic E-state index is 13.9. The van der Waals surface area contributed by atoms with Gasteiger partial charge in [0.05, 0.1) is 11.3 Å². The smallest absolute Gasteiger partial charge is 0.265 e. The fourth-order valence-electron chi connectivity index (χ4n) is 3.77. The van der Waals surface area contributed by atoms with Crippen molar-refractivity contribution in [2.75, 3.05) is 19.0 Å². The molecule has 3 nitrogen and oxygen atoms in total. The van der Waals surface area contributed by atoms with E-state index in [1.54, 1.807) is 11.0 Å². The summed E-state index contributed by atoms with van der Waals surface area (Å²) in [5, 5.41) is 0. The van der Waals surface area contributed by atoms with Crippen LogP contribution in [0.15, 0.2) is 42.1 Å². The van der Waals surface area contributed by atoms with Gasteiger partial charge in [0.25, 0.3) is 5.91 Å². The Balaban J connectivity index is 1.90. The van der Waals surface area contributed by atoms with Gasteiger partial charge in [-0.15, -0.1) is 0 Å². The van der Waals surface area contributed by atoms with E-state index in [9.17, 15) is 9.18 Å². The van der Waals surface area contributed by atoms with E-state index >= 15 is 0 Å². The molecule has 0 fully saturated rings. The van der Waals surface area contributed by atoms with Crippen LogP contribution in [0.3, 0.4) is 0 Å². The number of allylic oxidation sites excluding steroid dienone is 1. The van der Waals surface area contributed by atoms with Gasteiger partial charge in [0.2, 0.25) is 0 Å². The van der Waals surface area contributed by atoms with Gasteiger partial charge in [-0.3, -0.25) is 9.69 Å². The molecular formula is C21H21FN2O. The zero-order valence-corrected chi connectivity index (χ0v) is 14.8. The number of aryl methyl sites for hydroxylation is 2. The molecule has 0 spiro atoms. The molecule has 2 aromatic rings. The van der Waals surface area contributed by atoms with E-state index in [-0.39, 0.29) is 11.7 Å². The third-order valence-electron chi connectivity index (χ3n) is 5.26. The Morgan fingerprint density at radius 1 is 1.08 bits per heavy atom. The van der Waals surface area contributed by atoms with E-state index in [0.717, 1.165) is 29.9 Å². The summed E-state index contributed by atoms with van der Waals surface area (Å²) in [5.74, 6) is -0.420. The first-order valence-electron chi connectivity index (χ1n) is 8.62. The SMILES string of the molecule is C/C(=C1/C(=O)N(c2ccc3c(c2)CCC3)c2ccc(F)cc21)N(C)C. The summed E-state index contributed by atoms with van der Waals surface area (Å²) in [6, 6.07) is 10.8. The first kappa shape index (κ1) is 15.9. The van der Waals surface area contributed by atoms with Crippen molar-refractivity contribution in [1.82, 2.24) is 4.90 Å². The quantitative estimate of drug-likeness (QED) is 0.764. The fourth-order valence-corrected chi connectivity index (χ4v) is 3.77. The predicted molar refractivity (Wildman–Crippen MR) is 98.3 cm³/mol. The first-order chi connectivity index (χ1) is 12.0. The average Bonchev–Trinajstić information content (AvgIpc) is 3.14. The van der Waals surface area contributed by atoms with E-state index in [4.69, 9.17) is 0 Å². The van der Waals surface area contributed by atoms with Crippen LogP contribution in [0, 0.1) is 5.82 Å². The minimum atomic E-state index is -0.327. The van der Waals surface area contributed by atoms with E-state index in [2.05, 4.69) is 12.1 Å². The van der Waals surface area contributed by atoms with Crippen molar-refractivity contribution in [2.45, 2.75) is 26.2 Å². The number of benzene rings is 2. The van der Waals surface area contributed by atoms with E-state index < -0.39 is 0 Å². The molecule has 1 heterocycles. The van der Waals surface area contributed by atoms with Crippen molar-refractivity contribution >= 4 is 22.9 Å². The van der Waals surface area contributed by atoms with Crippen molar-refractivity contribution in [3.05, 3.63) is 64.6 Å². The third kappa shape index (κ3) is 2.44. The van der Waals surface area contributed by atoms with Crippen molar-refractivity contribution in [3.8, 4) is 0 Å². The number of hydrogen-bond acceptors (Lipinski definition) is 2. The Labute approximate surface area is 147 Å². The lowest BCUT2D eigenvalue weighted by Crippen LogP contribution is -2.22. The third-order valence-corrected chi connectivity index (χ3v) is 5.26. The zero-order chi connectivity index (χ0) is 17.7. The van der Waals surface area contributed by atoms with Crippen LogP contribution < -0.4 is 4.90 Å². The van der Waals surface area contributed by atoms with Gasteiger partial charge in [-0.25, -0.2) is 4.39 Å². The number of anilines is 2. The minimum Gasteiger partial charge on any atom is -0.381 e. The Morgan fingerprint density at radius 2 is 1.84 bits per heavy atom. The second-order valence-electron chi connectivity index (χ2n) is 6.96. The number of fused-ring (bicyclic) bond motifs is 2. The molecule has 1 aliphatic heterocycles. The minimum absolute atomic E-state index is 0.0928. The molecule has 0 saturated heterocycles. The van der Waals surface area contributed by atoms with E-state index in [1.807, 2.05) is 32.0 Å². The number of hydrogen-bond donors (Lipinski definition) is 0. The summed E-state index contributed by atoms with van der Waals surface area (Å²) in [5.41, 5.74) is 6.36. The molecule has 128 valence electrons. The maximum Gasteiger partial charge on any atom is 0.265 e. The molecule has 1 amide bonds. The summed E-state index contributed by atoms with van der Waals surface area (Å²) in [6.45, 7) is 1.90. The summed E-state index contributed by atoms with van der Waals surface area (Å²) in [6.07, 6.45) is 3.33. The molecule has 0 atom stereocenters. The van der Waals surface area contributed by atoms with Crippen LogP contribution in [-0.4, -0.2) is 24.9 Å². The van der Waals surface area contributed by atoms with Gasteiger partial charge >= 0.3 is 0 Å². The Morgan fingerprint density at radius 3 is 2.60 bits per heavy atom. The normalized spacial score (nSPS) is 17.6. The van der Waals surface area contributed by atoms with Crippen LogP contribution in [0.25, 0.3) is 5.57 Å². The first-order valence-corrected chi connectivity index (χ1v) is 8.62. The molecule has 2 aliphatic rings. The molecule has 0 aromatic heterocycles. The lowest BCUT2D eigenvalue weighted by molar-refractivity contribution is -0.112. The van der Waals surface area contributed by atoms with Crippen molar-refractivity contribution in [3.63, 3.8) is 0 Å². The second-order valence-corrected chi connectivity index (χ2v) is 6.96. The highest BCUT2D eigenvalue weighted by Gasteiger charge is 2.36. The molecule has 0 N–H and O–H groups in total.